The first kappa shape index (κ1) is 14.6. The number of rotatable bonds is 3. The third-order valence-electron chi connectivity index (χ3n) is 4.00. The van der Waals surface area contributed by atoms with E-state index in [4.69, 9.17) is 28.9 Å². The van der Waals surface area contributed by atoms with Crippen LogP contribution in [0.15, 0.2) is 6.07 Å². The van der Waals surface area contributed by atoms with Gasteiger partial charge in [0.1, 0.15) is 0 Å². The SMILES string of the molecule is CC(N)C1CCN(C(C)c2cc(Cl)sc2Cl)CC1. The van der Waals surface area contributed by atoms with Gasteiger partial charge in [-0.1, -0.05) is 23.2 Å². The number of thiophene rings is 1. The predicted octanol–water partition coefficient (Wildman–Crippen LogP) is 4.18. The summed E-state index contributed by atoms with van der Waals surface area (Å²) in [4.78, 5) is 2.48. The second-order valence-corrected chi connectivity index (χ2v) is 7.47. The fourth-order valence-corrected chi connectivity index (χ4v) is 4.30. The normalized spacial score (nSPS) is 22.1. The Labute approximate surface area is 123 Å². The van der Waals surface area contributed by atoms with E-state index < -0.39 is 0 Å². The Morgan fingerprint density at radius 3 is 2.39 bits per heavy atom. The molecule has 0 aromatic carbocycles. The molecule has 1 aliphatic rings. The van der Waals surface area contributed by atoms with E-state index in [0.717, 1.165) is 27.3 Å². The van der Waals surface area contributed by atoms with Crippen LogP contribution in [0.1, 0.15) is 38.3 Å². The van der Waals surface area contributed by atoms with Gasteiger partial charge in [0, 0.05) is 17.6 Å². The van der Waals surface area contributed by atoms with Crippen molar-refractivity contribution in [1.82, 2.24) is 4.90 Å². The number of nitrogens with zero attached hydrogens (tertiary/aromatic N) is 1. The molecule has 0 amide bonds. The molecule has 2 unspecified atom stereocenters. The Balaban J connectivity index is 1.99. The Hall–Kier alpha value is 0.200. The summed E-state index contributed by atoms with van der Waals surface area (Å²) < 4.78 is 1.59. The van der Waals surface area contributed by atoms with Gasteiger partial charge in [-0.25, -0.2) is 0 Å². The first-order valence-electron chi connectivity index (χ1n) is 6.43. The largest absolute Gasteiger partial charge is 0.328 e. The lowest BCUT2D eigenvalue weighted by Gasteiger charge is -2.37. The van der Waals surface area contributed by atoms with Crippen LogP contribution in [0, 0.1) is 5.92 Å². The van der Waals surface area contributed by atoms with Gasteiger partial charge in [0.25, 0.3) is 0 Å². The van der Waals surface area contributed by atoms with Crippen LogP contribution in [-0.2, 0) is 0 Å². The zero-order valence-electron chi connectivity index (χ0n) is 10.8. The van der Waals surface area contributed by atoms with Crippen LogP contribution in [0.3, 0.4) is 0 Å². The summed E-state index contributed by atoms with van der Waals surface area (Å²) in [5, 5.41) is 0. The topological polar surface area (TPSA) is 29.3 Å². The molecule has 0 saturated carbocycles. The molecule has 1 saturated heterocycles. The van der Waals surface area contributed by atoms with Crippen LogP contribution in [0.4, 0.5) is 0 Å². The molecular formula is C13H20Cl2N2S. The minimum atomic E-state index is 0.307. The van der Waals surface area contributed by atoms with Crippen molar-refractivity contribution in [3.05, 3.63) is 20.3 Å². The molecule has 2 N–H and O–H groups in total. The van der Waals surface area contributed by atoms with Gasteiger partial charge in [0.2, 0.25) is 0 Å². The number of likely N-dealkylation sites (tertiary alicyclic amines) is 1. The van der Waals surface area contributed by atoms with E-state index >= 15 is 0 Å². The zero-order valence-corrected chi connectivity index (χ0v) is 13.2. The number of hydrogen-bond acceptors (Lipinski definition) is 3. The molecule has 2 heterocycles. The molecule has 5 heteroatoms. The quantitative estimate of drug-likeness (QED) is 0.908. The summed E-state index contributed by atoms with van der Waals surface area (Å²) in [6, 6.07) is 2.65. The van der Waals surface area contributed by atoms with Crippen LogP contribution >= 0.6 is 34.5 Å². The van der Waals surface area contributed by atoms with Gasteiger partial charge in [0.15, 0.2) is 0 Å². The summed E-state index contributed by atoms with van der Waals surface area (Å²) in [6.07, 6.45) is 2.36. The Morgan fingerprint density at radius 1 is 1.33 bits per heavy atom. The van der Waals surface area contributed by atoms with E-state index in [0.29, 0.717) is 18.0 Å². The Morgan fingerprint density at radius 2 is 1.94 bits per heavy atom. The number of piperidine rings is 1. The Kier molecular flexibility index (Phi) is 4.95. The standard InChI is InChI=1S/C13H20Cl2N2S/c1-8(16)10-3-5-17(6-4-10)9(2)11-7-12(14)18-13(11)15/h7-10H,3-6,16H2,1-2H3. The number of halogens is 2. The molecule has 0 spiro atoms. The second kappa shape index (κ2) is 6.10. The van der Waals surface area contributed by atoms with E-state index in [9.17, 15) is 0 Å². The maximum Gasteiger partial charge on any atom is 0.0991 e. The van der Waals surface area contributed by atoms with Crippen molar-refractivity contribution in [2.45, 2.75) is 38.8 Å². The molecule has 1 fully saturated rings. The van der Waals surface area contributed by atoms with Crippen molar-refractivity contribution < 1.29 is 0 Å². The van der Waals surface area contributed by atoms with Gasteiger partial charge < -0.3 is 5.73 Å². The highest BCUT2D eigenvalue weighted by molar-refractivity contribution is 7.20. The molecule has 2 rings (SSSR count). The molecule has 1 aliphatic heterocycles. The van der Waals surface area contributed by atoms with Crippen molar-refractivity contribution >= 4 is 34.5 Å². The fourth-order valence-electron chi connectivity index (χ4n) is 2.67. The minimum absolute atomic E-state index is 0.307. The first-order chi connectivity index (χ1) is 8.49. The lowest BCUT2D eigenvalue weighted by Crippen LogP contribution is -2.40. The molecule has 18 heavy (non-hydrogen) atoms. The third kappa shape index (κ3) is 3.20. The van der Waals surface area contributed by atoms with E-state index in [1.165, 1.54) is 24.2 Å². The van der Waals surface area contributed by atoms with Crippen molar-refractivity contribution in [1.29, 1.82) is 0 Å². The average molecular weight is 307 g/mol. The molecule has 0 radical (unpaired) electrons. The van der Waals surface area contributed by atoms with Gasteiger partial charge in [-0.2, -0.15) is 0 Å². The van der Waals surface area contributed by atoms with Crippen molar-refractivity contribution in [3.8, 4) is 0 Å². The predicted molar refractivity (Wildman–Crippen MR) is 80.7 cm³/mol. The molecular weight excluding hydrogens is 287 g/mol. The highest BCUT2D eigenvalue weighted by atomic mass is 35.5. The van der Waals surface area contributed by atoms with E-state index in [1.54, 1.807) is 0 Å². The smallest absolute Gasteiger partial charge is 0.0991 e. The monoisotopic (exact) mass is 306 g/mol. The highest BCUT2D eigenvalue weighted by Gasteiger charge is 2.26. The minimum Gasteiger partial charge on any atom is -0.328 e. The van der Waals surface area contributed by atoms with Gasteiger partial charge in [0.05, 0.1) is 8.67 Å². The first-order valence-corrected chi connectivity index (χ1v) is 8.00. The van der Waals surface area contributed by atoms with Crippen molar-refractivity contribution in [2.75, 3.05) is 13.1 Å². The second-order valence-electron chi connectivity index (χ2n) is 5.19. The van der Waals surface area contributed by atoms with Gasteiger partial charge in [-0.15, -0.1) is 11.3 Å². The average Bonchev–Trinajstić information content (AvgIpc) is 2.67. The van der Waals surface area contributed by atoms with Crippen LogP contribution in [-0.4, -0.2) is 24.0 Å². The summed E-state index contributed by atoms with van der Waals surface area (Å²) in [5.41, 5.74) is 7.13. The third-order valence-corrected chi connectivity index (χ3v) is 5.52. The molecule has 0 aliphatic carbocycles. The van der Waals surface area contributed by atoms with Crippen LogP contribution in [0.25, 0.3) is 0 Å². The highest BCUT2D eigenvalue weighted by Crippen LogP contribution is 2.38. The van der Waals surface area contributed by atoms with E-state index in [2.05, 4.69) is 18.7 Å². The number of nitrogens with two attached hydrogens (primary N) is 1. The molecule has 2 nitrogen and oxygen atoms in total. The summed E-state index contributed by atoms with van der Waals surface area (Å²) in [5.74, 6) is 0.662. The fraction of sp³-hybridized carbons (Fsp3) is 0.692. The van der Waals surface area contributed by atoms with Crippen LogP contribution in [0.2, 0.25) is 8.67 Å². The molecule has 2 atom stereocenters. The van der Waals surface area contributed by atoms with E-state index in [1.807, 2.05) is 6.07 Å². The van der Waals surface area contributed by atoms with Crippen molar-refractivity contribution in [3.63, 3.8) is 0 Å². The molecule has 0 bridgehead atoms. The van der Waals surface area contributed by atoms with Crippen LogP contribution < -0.4 is 5.73 Å². The lowest BCUT2D eigenvalue weighted by molar-refractivity contribution is 0.133. The maximum atomic E-state index is 6.23. The summed E-state index contributed by atoms with van der Waals surface area (Å²) >= 11 is 13.7. The van der Waals surface area contributed by atoms with Gasteiger partial charge in [-0.05, 0) is 51.8 Å². The maximum absolute atomic E-state index is 6.23. The van der Waals surface area contributed by atoms with Crippen molar-refractivity contribution in [2.24, 2.45) is 11.7 Å². The molecule has 1 aromatic rings. The molecule has 1 aromatic heterocycles. The number of hydrogen-bond donors (Lipinski definition) is 1. The van der Waals surface area contributed by atoms with Crippen LogP contribution in [0.5, 0.6) is 0 Å². The van der Waals surface area contributed by atoms with E-state index in [-0.39, 0.29) is 0 Å². The van der Waals surface area contributed by atoms with Gasteiger partial charge >= 0.3 is 0 Å². The Bertz CT molecular complexity index is 398. The lowest BCUT2D eigenvalue weighted by atomic mass is 9.90. The van der Waals surface area contributed by atoms with Gasteiger partial charge in [-0.3, -0.25) is 4.90 Å². The summed E-state index contributed by atoms with van der Waals surface area (Å²) in [6.45, 7) is 6.50. The molecule has 102 valence electrons. The zero-order chi connectivity index (χ0) is 13.3. The summed E-state index contributed by atoms with van der Waals surface area (Å²) in [7, 11) is 0.